The minimum absolute atomic E-state index is 0.0632. The number of methoxy groups -OCH3 is 1. The van der Waals surface area contributed by atoms with Gasteiger partial charge in [-0.15, -0.1) is 0 Å². The number of carbonyl (C=O) groups is 1. The van der Waals surface area contributed by atoms with Gasteiger partial charge in [-0.25, -0.2) is 0 Å². The van der Waals surface area contributed by atoms with Crippen molar-refractivity contribution in [2.45, 2.75) is 59.3 Å². The molecule has 2 aromatic carbocycles. The van der Waals surface area contributed by atoms with Crippen molar-refractivity contribution in [1.82, 2.24) is 5.32 Å². The van der Waals surface area contributed by atoms with E-state index in [-0.39, 0.29) is 12.0 Å². The first kappa shape index (κ1) is 21.6. The minimum atomic E-state index is -0.530. The van der Waals surface area contributed by atoms with Crippen LogP contribution in [0.5, 0.6) is 17.2 Å². The predicted octanol–water partition coefficient (Wildman–Crippen LogP) is 4.52. The molecule has 1 atom stereocenters. The summed E-state index contributed by atoms with van der Waals surface area (Å²) < 4.78 is 17.0. The average molecular weight is 386 g/mol. The Hall–Kier alpha value is -2.69. The normalized spacial score (nSPS) is 11.8. The average Bonchev–Trinajstić information content (AvgIpc) is 2.71. The Bertz CT molecular complexity index is 756. The van der Waals surface area contributed by atoms with Gasteiger partial charge in [-0.05, 0) is 62.1 Å². The second-order valence-electron chi connectivity index (χ2n) is 6.88. The van der Waals surface area contributed by atoms with Crippen molar-refractivity contribution in [3.63, 3.8) is 0 Å². The van der Waals surface area contributed by atoms with Gasteiger partial charge in [0.15, 0.2) is 17.6 Å². The van der Waals surface area contributed by atoms with E-state index in [2.05, 4.69) is 12.2 Å². The molecule has 0 radical (unpaired) electrons. The van der Waals surface area contributed by atoms with E-state index in [4.69, 9.17) is 14.2 Å². The van der Waals surface area contributed by atoms with Gasteiger partial charge in [0.25, 0.3) is 5.91 Å². The lowest BCUT2D eigenvalue weighted by atomic mass is 10.1. The summed E-state index contributed by atoms with van der Waals surface area (Å²) in [6.45, 7) is 8.37. The van der Waals surface area contributed by atoms with Crippen LogP contribution in [0.1, 0.15) is 45.2 Å². The highest BCUT2D eigenvalue weighted by Crippen LogP contribution is 2.29. The lowest BCUT2D eigenvalue weighted by Crippen LogP contribution is -2.37. The van der Waals surface area contributed by atoms with Crippen molar-refractivity contribution >= 4 is 5.91 Å². The third kappa shape index (κ3) is 6.19. The molecule has 0 aliphatic rings. The Morgan fingerprint density at radius 1 is 0.964 bits per heavy atom. The summed E-state index contributed by atoms with van der Waals surface area (Å²) in [7, 11) is 1.61. The molecule has 1 N–H and O–H groups in total. The van der Waals surface area contributed by atoms with E-state index in [1.807, 2.05) is 63.2 Å². The Labute approximate surface area is 168 Å². The molecule has 0 aliphatic heterocycles. The van der Waals surface area contributed by atoms with Crippen LogP contribution < -0.4 is 19.5 Å². The van der Waals surface area contributed by atoms with Crippen LogP contribution in [-0.2, 0) is 17.8 Å². The zero-order chi connectivity index (χ0) is 20.5. The first-order valence-electron chi connectivity index (χ1n) is 9.83. The van der Waals surface area contributed by atoms with Gasteiger partial charge in [0, 0.05) is 6.54 Å². The van der Waals surface area contributed by atoms with Gasteiger partial charge in [-0.3, -0.25) is 4.79 Å². The SMILES string of the molecule is CCc1ccc(O[C@H](CC)C(=O)NCc2ccc(OC(C)C)c(OC)c2)cc1. The van der Waals surface area contributed by atoms with E-state index in [1.54, 1.807) is 7.11 Å². The summed E-state index contributed by atoms with van der Waals surface area (Å²) in [5.74, 6) is 1.91. The second-order valence-corrected chi connectivity index (χ2v) is 6.88. The number of hydrogen-bond acceptors (Lipinski definition) is 4. The fourth-order valence-electron chi connectivity index (χ4n) is 2.77. The number of aryl methyl sites for hydroxylation is 1. The lowest BCUT2D eigenvalue weighted by Gasteiger charge is -2.18. The third-order valence-electron chi connectivity index (χ3n) is 4.33. The Balaban J connectivity index is 1.96. The molecule has 1 amide bonds. The van der Waals surface area contributed by atoms with Crippen molar-refractivity contribution in [3.05, 3.63) is 53.6 Å². The number of rotatable bonds is 10. The molecule has 0 aliphatic carbocycles. The van der Waals surface area contributed by atoms with Crippen LogP contribution in [0.4, 0.5) is 0 Å². The standard InChI is InChI=1S/C23H31NO4/c1-6-17-8-11-19(12-9-17)28-20(7-2)23(25)24-15-18-10-13-21(27-16(3)4)22(14-18)26-5/h8-14,16,20H,6-7,15H2,1-5H3,(H,24,25)/t20-/m1/s1. The topological polar surface area (TPSA) is 56.8 Å². The molecule has 152 valence electrons. The monoisotopic (exact) mass is 385 g/mol. The Morgan fingerprint density at radius 2 is 1.64 bits per heavy atom. The van der Waals surface area contributed by atoms with Crippen LogP contribution >= 0.6 is 0 Å². The van der Waals surface area contributed by atoms with Crippen LogP contribution in [0.25, 0.3) is 0 Å². The van der Waals surface area contributed by atoms with Crippen LogP contribution in [0.3, 0.4) is 0 Å². The van der Waals surface area contributed by atoms with Crippen LogP contribution in [0, 0.1) is 0 Å². The summed E-state index contributed by atoms with van der Waals surface area (Å²) in [5.41, 5.74) is 2.17. The molecule has 0 heterocycles. The number of carbonyl (C=O) groups excluding carboxylic acids is 1. The first-order chi connectivity index (χ1) is 13.5. The van der Waals surface area contributed by atoms with Gasteiger partial charge in [0.1, 0.15) is 5.75 Å². The summed E-state index contributed by atoms with van der Waals surface area (Å²) >= 11 is 0. The maximum atomic E-state index is 12.5. The van der Waals surface area contributed by atoms with Gasteiger partial charge in [0.05, 0.1) is 13.2 Å². The third-order valence-corrected chi connectivity index (χ3v) is 4.33. The second kappa shape index (κ2) is 10.6. The molecule has 5 nitrogen and oxygen atoms in total. The fourth-order valence-corrected chi connectivity index (χ4v) is 2.77. The highest BCUT2D eigenvalue weighted by atomic mass is 16.5. The molecule has 0 unspecified atom stereocenters. The highest BCUT2D eigenvalue weighted by molar-refractivity contribution is 5.81. The van der Waals surface area contributed by atoms with Crippen molar-refractivity contribution in [2.75, 3.05) is 7.11 Å². The molecule has 0 spiro atoms. The maximum absolute atomic E-state index is 12.5. The van der Waals surface area contributed by atoms with Crippen molar-refractivity contribution in [1.29, 1.82) is 0 Å². The molecule has 2 aromatic rings. The van der Waals surface area contributed by atoms with E-state index in [0.29, 0.717) is 30.2 Å². The van der Waals surface area contributed by atoms with E-state index >= 15 is 0 Å². The fraction of sp³-hybridized carbons (Fsp3) is 0.435. The van der Waals surface area contributed by atoms with E-state index in [0.717, 1.165) is 12.0 Å². The molecule has 0 fully saturated rings. The van der Waals surface area contributed by atoms with Gasteiger partial charge in [-0.1, -0.05) is 32.0 Å². The van der Waals surface area contributed by atoms with E-state index in [9.17, 15) is 4.79 Å². The van der Waals surface area contributed by atoms with Crippen LogP contribution in [0.2, 0.25) is 0 Å². The zero-order valence-corrected chi connectivity index (χ0v) is 17.5. The molecule has 5 heteroatoms. The lowest BCUT2D eigenvalue weighted by molar-refractivity contribution is -0.128. The van der Waals surface area contributed by atoms with Gasteiger partial charge in [-0.2, -0.15) is 0 Å². The number of benzene rings is 2. The smallest absolute Gasteiger partial charge is 0.261 e. The van der Waals surface area contributed by atoms with Crippen LogP contribution in [0.15, 0.2) is 42.5 Å². The first-order valence-corrected chi connectivity index (χ1v) is 9.83. The van der Waals surface area contributed by atoms with Crippen molar-refractivity contribution in [2.24, 2.45) is 0 Å². The largest absolute Gasteiger partial charge is 0.493 e. The molecule has 28 heavy (non-hydrogen) atoms. The zero-order valence-electron chi connectivity index (χ0n) is 17.5. The Kier molecular flexibility index (Phi) is 8.18. The molecule has 0 aromatic heterocycles. The summed E-state index contributed by atoms with van der Waals surface area (Å²) in [5, 5.41) is 2.94. The molecular weight excluding hydrogens is 354 g/mol. The quantitative estimate of drug-likeness (QED) is 0.653. The van der Waals surface area contributed by atoms with Gasteiger partial charge >= 0.3 is 0 Å². The number of ether oxygens (including phenoxy) is 3. The summed E-state index contributed by atoms with van der Waals surface area (Å²) in [6, 6.07) is 13.5. The molecule has 0 saturated carbocycles. The van der Waals surface area contributed by atoms with Gasteiger partial charge in [0.2, 0.25) is 0 Å². The molecular formula is C23H31NO4. The summed E-state index contributed by atoms with van der Waals surface area (Å²) in [4.78, 5) is 12.5. The van der Waals surface area contributed by atoms with Crippen molar-refractivity contribution < 1.29 is 19.0 Å². The van der Waals surface area contributed by atoms with E-state index < -0.39 is 6.10 Å². The summed E-state index contributed by atoms with van der Waals surface area (Å²) in [6.07, 6.45) is 1.10. The molecule has 0 bridgehead atoms. The number of amides is 1. The minimum Gasteiger partial charge on any atom is -0.493 e. The van der Waals surface area contributed by atoms with Gasteiger partial charge < -0.3 is 19.5 Å². The maximum Gasteiger partial charge on any atom is 0.261 e. The molecule has 2 rings (SSSR count). The number of hydrogen-bond donors (Lipinski definition) is 1. The van der Waals surface area contributed by atoms with E-state index in [1.165, 1.54) is 5.56 Å². The molecule has 0 saturated heterocycles. The highest BCUT2D eigenvalue weighted by Gasteiger charge is 2.18. The Morgan fingerprint density at radius 3 is 2.21 bits per heavy atom. The number of nitrogens with one attached hydrogen (secondary N) is 1. The van der Waals surface area contributed by atoms with Crippen molar-refractivity contribution in [3.8, 4) is 17.2 Å². The predicted molar refractivity (Wildman–Crippen MR) is 111 cm³/mol. The van der Waals surface area contributed by atoms with Crippen LogP contribution in [-0.4, -0.2) is 25.2 Å².